The van der Waals surface area contributed by atoms with E-state index in [1.165, 1.54) is 0 Å². The number of aliphatic hydroxyl groups is 1. The van der Waals surface area contributed by atoms with Gasteiger partial charge in [0.15, 0.2) is 0 Å². The third kappa shape index (κ3) is 3.31. The van der Waals surface area contributed by atoms with Gasteiger partial charge >= 0.3 is 0 Å². The molecule has 2 fully saturated rings. The van der Waals surface area contributed by atoms with Gasteiger partial charge in [-0.3, -0.25) is 9.59 Å². The van der Waals surface area contributed by atoms with Crippen molar-refractivity contribution in [3.8, 4) is 5.75 Å². The minimum absolute atomic E-state index is 0.0201. The third-order valence-corrected chi connectivity index (χ3v) is 6.02. The fourth-order valence-electron chi connectivity index (χ4n) is 4.53. The maximum Gasteiger partial charge on any atom is 0.295 e. The molecule has 2 aliphatic rings. The van der Waals surface area contributed by atoms with E-state index in [-0.39, 0.29) is 17.4 Å². The number of Topliss-reactive ketones (excluding diaryl/α,β-unsaturated/α-hetero) is 1. The molecule has 0 aromatic heterocycles. The van der Waals surface area contributed by atoms with Crippen LogP contribution in [-0.2, 0) is 9.59 Å². The monoisotopic (exact) mass is 391 g/mol. The molecule has 150 valence electrons. The molecule has 1 amide bonds. The summed E-state index contributed by atoms with van der Waals surface area (Å²) >= 11 is 0. The average molecular weight is 391 g/mol. The minimum atomic E-state index is -0.620. The van der Waals surface area contributed by atoms with Crippen LogP contribution in [0.4, 0.5) is 0 Å². The zero-order chi connectivity index (χ0) is 20.5. The SMILES string of the molecule is COc1cccc(/C(O)=C2\C(=O)C(=O)N(C3CCCC3)C2c2ccccc2C)c1. The number of aryl methyl sites for hydroxylation is 1. The summed E-state index contributed by atoms with van der Waals surface area (Å²) in [6.07, 6.45) is 3.86. The predicted molar refractivity (Wildman–Crippen MR) is 111 cm³/mol. The molecule has 4 rings (SSSR count). The molecule has 5 heteroatoms. The molecule has 2 aromatic rings. The number of ketones is 1. The van der Waals surface area contributed by atoms with Crippen molar-refractivity contribution in [2.24, 2.45) is 0 Å². The summed E-state index contributed by atoms with van der Waals surface area (Å²) in [6, 6.07) is 14.1. The van der Waals surface area contributed by atoms with Crippen LogP contribution in [0, 0.1) is 6.92 Å². The van der Waals surface area contributed by atoms with Gasteiger partial charge < -0.3 is 14.7 Å². The minimum Gasteiger partial charge on any atom is -0.507 e. The first-order valence-corrected chi connectivity index (χ1v) is 10.0. The highest BCUT2D eigenvalue weighted by atomic mass is 16.5. The molecule has 0 radical (unpaired) electrons. The van der Waals surface area contributed by atoms with E-state index in [4.69, 9.17) is 4.74 Å². The lowest BCUT2D eigenvalue weighted by molar-refractivity contribution is -0.141. The van der Waals surface area contributed by atoms with E-state index >= 15 is 0 Å². The largest absolute Gasteiger partial charge is 0.507 e. The maximum atomic E-state index is 13.1. The first-order valence-electron chi connectivity index (χ1n) is 10.0. The van der Waals surface area contributed by atoms with E-state index in [9.17, 15) is 14.7 Å². The molecule has 1 N–H and O–H groups in total. The van der Waals surface area contributed by atoms with E-state index in [0.717, 1.165) is 36.8 Å². The maximum absolute atomic E-state index is 13.1. The number of methoxy groups -OCH3 is 1. The van der Waals surface area contributed by atoms with Crippen LogP contribution < -0.4 is 4.74 Å². The molecule has 1 aliphatic heterocycles. The molecular formula is C24H25NO4. The van der Waals surface area contributed by atoms with Gasteiger partial charge in [-0.1, -0.05) is 49.2 Å². The molecule has 1 atom stereocenters. The molecule has 2 aromatic carbocycles. The second kappa shape index (κ2) is 7.74. The zero-order valence-electron chi connectivity index (χ0n) is 16.7. The molecule has 1 saturated carbocycles. The van der Waals surface area contributed by atoms with Crippen molar-refractivity contribution in [1.29, 1.82) is 0 Å². The number of benzene rings is 2. The van der Waals surface area contributed by atoms with Gasteiger partial charge in [0.25, 0.3) is 11.7 Å². The van der Waals surface area contributed by atoms with Crippen molar-refractivity contribution in [1.82, 2.24) is 4.90 Å². The number of hydrogen-bond donors (Lipinski definition) is 1. The molecular weight excluding hydrogens is 366 g/mol. The summed E-state index contributed by atoms with van der Waals surface area (Å²) in [5.41, 5.74) is 2.48. The standard InChI is InChI=1S/C24H25NO4/c1-15-8-3-6-13-19(15)21-20(22(26)16-9-7-12-18(14-16)29-2)23(27)24(28)25(21)17-10-4-5-11-17/h3,6-9,12-14,17,21,26H,4-5,10-11H2,1-2H3/b22-20+. The smallest absolute Gasteiger partial charge is 0.295 e. The Balaban J connectivity index is 1.91. The van der Waals surface area contributed by atoms with Crippen molar-refractivity contribution in [3.05, 3.63) is 70.8 Å². The van der Waals surface area contributed by atoms with E-state index in [1.807, 2.05) is 31.2 Å². The van der Waals surface area contributed by atoms with Crippen LogP contribution in [0.15, 0.2) is 54.1 Å². The van der Waals surface area contributed by atoms with Crippen molar-refractivity contribution >= 4 is 17.4 Å². The lowest BCUT2D eigenvalue weighted by Gasteiger charge is -2.31. The quantitative estimate of drug-likeness (QED) is 0.477. The van der Waals surface area contributed by atoms with Gasteiger partial charge in [-0.05, 0) is 43.0 Å². The van der Waals surface area contributed by atoms with Crippen LogP contribution in [0.25, 0.3) is 5.76 Å². The molecule has 1 aliphatic carbocycles. The van der Waals surface area contributed by atoms with Crippen LogP contribution in [0.2, 0.25) is 0 Å². The van der Waals surface area contributed by atoms with Gasteiger partial charge in [-0.2, -0.15) is 0 Å². The molecule has 29 heavy (non-hydrogen) atoms. The molecule has 1 saturated heterocycles. The third-order valence-electron chi connectivity index (χ3n) is 6.02. The normalized spacial score (nSPS) is 21.7. The van der Waals surface area contributed by atoms with E-state index < -0.39 is 17.7 Å². The number of carbonyl (C=O) groups is 2. The van der Waals surface area contributed by atoms with E-state index in [1.54, 1.807) is 36.3 Å². The second-order valence-electron chi connectivity index (χ2n) is 7.73. The number of aliphatic hydroxyl groups excluding tert-OH is 1. The van der Waals surface area contributed by atoms with Gasteiger partial charge in [0.1, 0.15) is 11.5 Å². The van der Waals surface area contributed by atoms with Crippen LogP contribution in [0.1, 0.15) is 48.4 Å². The first kappa shape index (κ1) is 19.2. The average Bonchev–Trinajstić information content (AvgIpc) is 3.35. The van der Waals surface area contributed by atoms with Crippen LogP contribution in [-0.4, -0.2) is 34.8 Å². The van der Waals surface area contributed by atoms with Crippen LogP contribution in [0.5, 0.6) is 5.75 Å². The Hall–Kier alpha value is -3.08. The fourth-order valence-corrected chi connectivity index (χ4v) is 4.53. The van der Waals surface area contributed by atoms with Gasteiger partial charge in [-0.15, -0.1) is 0 Å². The Bertz CT molecular complexity index is 988. The van der Waals surface area contributed by atoms with Crippen LogP contribution in [0.3, 0.4) is 0 Å². The number of rotatable bonds is 4. The Morgan fingerprint density at radius 3 is 2.48 bits per heavy atom. The van der Waals surface area contributed by atoms with Gasteiger partial charge in [0.05, 0.1) is 18.7 Å². The second-order valence-corrected chi connectivity index (χ2v) is 7.73. The van der Waals surface area contributed by atoms with Gasteiger partial charge in [0, 0.05) is 11.6 Å². The topological polar surface area (TPSA) is 66.8 Å². The van der Waals surface area contributed by atoms with Crippen molar-refractivity contribution < 1.29 is 19.4 Å². The Kier molecular flexibility index (Phi) is 5.14. The number of ether oxygens (including phenoxy) is 1. The number of nitrogens with zero attached hydrogens (tertiary/aromatic N) is 1. The number of hydrogen-bond acceptors (Lipinski definition) is 4. The molecule has 5 nitrogen and oxygen atoms in total. The van der Waals surface area contributed by atoms with Gasteiger partial charge in [-0.25, -0.2) is 0 Å². The Morgan fingerprint density at radius 1 is 1.07 bits per heavy atom. The highest BCUT2D eigenvalue weighted by Gasteiger charge is 2.49. The summed E-state index contributed by atoms with van der Waals surface area (Å²) in [7, 11) is 1.55. The highest BCUT2D eigenvalue weighted by molar-refractivity contribution is 6.46. The van der Waals surface area contributed by atoms with Crippen molar-refractivity contribution in [2.75, 3.05) is 7.11 Å². The van der Waals surface area contributed by atoms with E-state index in [0.29, 0.717) is 11.3 Å². The number of amides is 1. The Morgan fingerprint density at radius 2 is 1.79 bits per heavy atom. The molecule has 1 heterocycles. The lowest BCUT2D eigenvalue weighted by atomic mass is 9.92. The molecule has 1 unspecified atom stereocenters. The van der Waals surface area contributed by atoms with Crippen LogP contribution >= 0.6 is 0 Å². The number of carbonyl (C=O) groups excluding carboxylic acids is 2. The summed E-state index contributed by atoms with van der Waals surface area (Å²) < 4.78 is 5.25. The van der Waals surface area contributed by atoms with E-state index in [2.05, 4.69) is 0 Å². The summed E-state index contributed by atoms with van der Waals surface area (Å²) in [4.78, 5) is 27.9. The van der Waals surface area contributed by atoms with Gasteiger partial charge in [0.2, 0.25) is 0 Å². The fraction of sp³-hybridized carbons (Fsp3) is 0.333. The molecule has 0 spiro atoms. The lowest BCUT2D eigenvalue weighted by Crippen LogP contribution is -2.37. The summed E-state index contributed by atoms with van der Waals surface area (Å²) in [6.45, 7) is 1.97. The Labute approximate surface area is 170 Å². The zero-order valence-corrected chi connectivity index (χ0v) is 16.7. The predicted octanol–water partition coefficient (Wildman–Crippen LogP) is 4.37. The summed E-state index contributed by atoms with van der Waals surface area (Å²) in [5, 5.41) is 11.1. The highest BCUT2D eigenvalue weighted by Crippen LogP contribution is 2.44. The number of likely N-dealkylation sites (tertiary alicyclic amines) is 1. The van der Waals surface area contributed by atoms with Crippen molar-refractivity contribution in [3.63, 3.8) is 0 Å². The first-order chi connectivity index (χ1) is 14.0. The van der Waals surface area contributed by atoms with Crippen molar-refractivity contribution in [2.45, 2.75) is 44.7 Å². The molecule has 0 bridgehead atoms. The summed E-state index contributed by atoms with van der Waals surface area (Å²) in [5.74, 6) is -0.720.